The van der Waals surface area contributed by atoms with E-state index in [-0.39, 0.29) is 16.5 Å². The van der Waals surface area contributed by atoms with Crippen molar-refractivity contribution in [3.05, 3.63) is 75.1 Å². The van der Waals surface area contributed by atoms with Gasteiger partial charge < -0.3 is 5.32 Å². The molecule has 0 fully saturated rings. The van der Waals surface area contributed by atoms with Crippen LogP contribution in [-0.2, 0) is 4.79 Å². The first-order valence-electron chi connectivity index (χ1n) is 6.85. The van der Waals surface area contributed by atoms with Gasteiger partial charge >= 0.3 is 0 Å². The molecule has 2 aromatic carbocycles. The number of thiocarbonyl (C=S) groups is 1. The molecule has 0 saturated heterocycles. The quantitative estimate of drug-likeness (QED) is 0.364. The number of rotatable bonds is 4. The summed E-state index contributed by atoms with van der Waals surface area (Å²) < 4.78 is 13.7. The Morgan fingerprint density at radius 1 is 1.24 bits per heavy atom. The molecular weight excluding hydrogens is 369 g/mol. The molecule has 0 spiro atoms. The van der Waals surface area contributed by atoms with Gasteiger partial charge in [-0.3, -0.25) is 20.2 Å². The SMILES string of the molecule is O=C(C=Cc1ccc(Cl)cc1)NC(=S)Nc1cc([N+](=O)[O-])ccc1F. The summed E-state index contributed by atoms with van der Waals surface area (Å²) >= 11 is 10.7. The number of hydrogen-bond donors (Lipinski definition) is 2. The van der Waals surface area contributed by atoms with E-state index in [0.717, 1.165) is 23.8 Å². The number of amides is 1. The molecule has 6 nitrogen and oxygen atoms in total. The highest BCUT2D eigenvalue weighted by atomic mass is 35.5. The number of nitrogens with one attached hydrogen (secondary N) is 2. The lowest BCUT2D eigenvalue weighted by atomic mass is 10.2. The molecule has 9 heteroatoms. The number of carbonyl (C=O) groups is 1. The smallest absolute Gasteiger partial charge is 0.271 e. The van der Waals surface area contributed by atoms with E-state index in [2.05, 4.69) is 10.6 Å². The van der Waals surface area contributed by atoms with Gasteiger partial charge in [0.05, 0.1) is 10.6 Å². The molecule has 0 aliphatic heterocycles. The average molecular weight is 380 g/mol. The molecule has 1 amide bonds. The topological polar surface area (TPSA) is 84.3 Å². The van der Waals surface area contributed by atoms with Crippen molar-refractivity contribution in [3.8, 4) is 0 Å². The third-order valence-electron chi connectivity index (χ3n) is 2.94. The molecule has 0 bridgehead atoms. The van der Waals surface area contributed by atoms with Crippen LogP contribution in [0.25, 0.3) is 6.08 Å². The summed E-state index contributed by atoms with van der Waals surface area (Å²) in [6.07, 6.45) is 2.78. The fourth-order valence-corrected chi connectivity index (χ4v) is 2.11. The summed E-state index contributed by atoms with van der Waals surface area (Å²) in [5.74, 6) is -1.28. The van der Waals surface area contributed by atoms with Crippen molar-refractivity contribution in [2.45, 2.75) is 0 Å². The minimum Gasteiger partial charge on any atom is -0.330 e. The summed E-state index contributed by atoms with van der Waals surface area (Å²) in [4.78, 5) is 21.8. The van der Waals surface area contributed by atoms with E-state index in [1.54, 1.807) is 30.3 Å². The van der Waals surface area contributed by atoms with Crippen LogP contribution in [0.3, 0.4) is 0 Å². The van der Waals surface area contributed by atoms with Gasteiger partial charge in [0, 0.05) is 23.2 Å². The Morgan fingerprint density at radius 3 is 2.56 bits per heavy atom. The molecule has 0 unspecified atom stereocenters. The minimum absolute atomic E-state index is 0.190. The molecule has 0 aliphatic carbocycles. The number of anilines is 1. The van der Waals surface area contributed by atoms with Crippen LogP contribution in [0.2, 0.25) is 5.02 Å². The maximum absolute atomic E-state index is 13.7. The zero-order valence-corrected chi connectivity index (χ0v) is 14.1. The zero-order valence-electron chi connectivity index (χ0n) is 12.5. The van der Waals surface area contributed by atoms with Crippen LogP contribution >= 0.6 is 23.8 Å². The van der Waals surface area contributed by atoms with Gasteiger partial charge in [-0.25, -0.2) is 4.39 Å². The predicted molar refractivity (Wildman–Crippen MR) is 97.9 cm³/mol. The first kappa shape index (κ1) is 18.5. The van der Waals surface area contributed by atoms with Crippen LogP contribution < -0.4 is 10.6 Å². The van der Waals surface area contributed by atoms with Crippen LogP contribution in [0.5, 0.6) is 0 Å². The number of nitro benzene ring substituents is 1. The molecule has 0 heterocycles. The van der Waals surface area contributed by atoms with E-state index in [0.29, 0.717) is 5.02 Å². The highest BCUT2D eigenvalue weighted by Gasteiger charge is 2.12. The van der Waals surface area contributed by atoms with E-state index < -0.39 is 16.6 Å². The van der Waals surface area contributed by atoms with Crippen molar-refractivity contribution < 1.29 is 14.1 Å². The number of halogens is 2. The second kappa shape index (κ2) is 8.32. The van der Waals surface area contributed by atoms with Gasteiger partial charge in [0.2, 0.25) is 5.91 Å². The maximum Gasteiger partial charge on any atom is 0.271 e. The van der Waals surface area contributed by atoms with E-state index >= 15 is 0 Å². The normalized spacial score (nSPS) is 10.5. The molecule has 0 saturated carbocycles. The second-order valence-electron chi connectivity index (χ2n) is 4.75. The van der Waals surface area contributed by atoms with E-state index in [1.807, 2.05) is 0 Å². The fourth-order valence-electron chi connectivity index (χ4n) is 1.78. The monoisotopic (exact) mass is 379 g/mol. The molecular formula is C16H11ClFN3O3S. The van der Waals surface area contributed by atoms with Crippen LogP contribution in [0, 0.1) is 15.9 Å². The lowest BCUT2D eigenvalue weighted by Gasteiger charge is -2.08. The fraction of sp³-hybridized carbons (Fsp3) is 0. The number of non-ortho nitro benzene ring substituents is 1. The Balaban J connectivity index is 1.97. The van der Waals surface area contributed by atoms with Crippen LogP contribution in [0.1, 0.15) is 5.56 Å². The number of benzene rings is 2. The molecule has 0 radical (unpaired) electrons. The maximum atomic E-state index is 13.7. The summed E-state index contributed by atoms with van der Waals surface area (Å²) in [5, 5.41) is 15.8. The Bertz CT molecular complexity index is 856. The number of nitrogens with zero attached hydrogens (tertiary/aromatic N) is 1. The van der Waals surface area contributed by atoms with E-state index in [1.165, 1.54) is 6.08 Å². The molecule has 2 rings (SSSR count). The van der Waals surface area contributed by atoms with Gasteiger partial charge in [-0.15, -0.1) is 0 Å². The summed E-state index contributed by atoms with van der Waals surface area (Å²) in [7, 11) is 0. The minimum atomic E-state index is -0.737. The molecule has 2 aromatic rings. The van der Waals surface area contributed by atoms with Gasteiger partial charge in [-0.2, -0.15) is 0 Å². The Kier molecular flexibility index (Phi) is 6.15. The van der Waals surface area contributed by atoms with Crippen molar-refractivity contribution in [1.29, 1.82) is 0 Å². The van der Waals surface area contributed by atoms with Crippen LogP contribution in [0.4, 0.5) is 15.8 Å². The van der Waals surface area contributed by atoms with Gasteiger partial charge in [-0.1, -0.05) is 23.7 Å². The van der Waals surface area contributed by atoms with Gasteiger partial charge in [0.1, 0.15) is 5.82 Å². The molecule has 0 aromatic heterocycles. The first-order valence-corrected chi connectivity index (χ1v) is 7.63. The number of nitro groups is 1. The summed E-state index contributed by atoms with van der Waals surface area (Å²) in [6, 6.07) is 9.74. The number of hydrogen-bond acceptors (Lipinski definition) is 4. The van der Waals surface area contributed by atoms with Crippen molar-refractivity contribution in [3.63, 3.8) is 0 Å². The summed E-state index contributed by atoms with van der Waals surface area (Å²) in [5.41, 5.74) is 0.241. The third-order valence-corrected chi connectivity index (χ3v) is 3.40. The highest BCUT2D eigenvalue weighted by Crippen LogP contribution is 2.21. The van der Waals surface area contributed by atoms with Crippen molar-refractivity contribution in [2.75, 3.05) is 5.32 Å². The zero-order chi connectivity index (χ0) is 18.4. The van der Waals surface area contributed by atoms with Gasteiger partial charge in [-0.05, 0) is 42.1 Å². The van der Waals surface area contributed by atoms with Crippen LogP contribution in [-0.4, -0.2) is 15.9 Å². The van der Waals surface area contributed by atoms with Gasteiger partial charge in [0.25, 0.3) is 5.69 Å². The molecule has 25 heavy (non-hydrogen) atoms. The van der Waals surface area contributed by atoms with Crippen molar-refractivity contribution >= 4 is 52.3 Å². The summed E-state index contributed by atoms with van der Waals surface area (Å²) in [6.45, 7) is 0. The lowest BCUT2D eigenvalue weighted by molar-refractivity contribution is -0.384. The standard InChI is InChI=1S/C16H11ClFN3O3S/c17-11-4-1-10(2-5-11)3-8-15(22)20-16(25)19-14-9-12(21(23)24)6-7-13(14)18/h1-9H,(H2,19,20,22,25). The van der Waals surface area contributed by atoms with Crippen molar-refractivity contribution in [2.24, 2.45) is 0 Å². The van der Waals surface area contributed by atoms with E-state index in [9.17, 15) is 19.3 Å². The number of carbonyl (C=O) groups excluding carboxylic acids is 1. The average Bonchev–Trinajstić information content (AvgIpc) is 2.56. The first-order chi connectivity index (χ1) is 11.8. The van der Waals surface area contributed by atoms with E-state index in [4.69, 9.17) is 23.8 Å². The predicted octanol–water partition coefficient (Wildman–Crippen LogP) is 3.91. The molecule has 128 valence electrons. The molecule has 0 aliphatic rings. The largest absolute Gasteiger partial charge is 0.330 e. The Hall–Kier alpha value is -2.84. The second-order valence-corrected chi connectivity index (χ2v) is 5.59. The molecule has 2 N–H and O–H groups in total. The molecule has 0 atom stereocenters. The highest BCUT2D eigenvalue weighted by molar-refractivity contribution is 7.80. The lowest BCUT2D eigenvalue weighted by Crippen LogP contribution is -2.33. The van der Waals surface area contributed by atoms with Crippen LogP contribution in [0.15, 0.2) is 48.5 Å². The van der Waals surface area contributed by atoms with Gasteiger partial charge in [0.15, 0.2) is 5.11 Å². The van der Waals surface area contributed by atoms with Crippen molar-refractivity contribution in [1.82, 2.24) is 5.32 Å². The third kappa shape index (κ3) is 5.63. The Labute approximate surface area is 152 Å². The Morgan fingerprint density at radius 2 is 1.92 bits per heavy atom.